The maximum atomic E-state index is 11.5. The van der Waals surface area contributed by atoms with Crippen molar-refractivity contribution in [2.75, 3.05) is 11.5 Å². The van der Waals surface area contributed by atoms with Gasteiger partial charge in [0.25, 0.3) is 0 Å². The minimum Gasteiger partial charge on any atom is -0.340 e. The Morgan fingerprint density at radius 3 is 1.94 bits per heavy atom. The largest absolute Gasteiger partial charge is 0.340 e. The van der Waals surface area contributed by atoms with Crippen LogP contribution in [0.15, 0.2) is 35.1 Å². The van der Waals surface area contributed by atoms with Gasteiger partial charge in [0.1, 0.15) is 0 Å². The minimum atomic E-state index is 0.169. The molecule has 0 radical (unpaired) electrons. The van der Waals surface area contributed by atoms with Crippen LogP contribution in [-0.4, -0.2) is 37.2 Å². The van der Waals surface area contributed by atoms with Crippen molar-refractivity contribution in [2.24, 2.45) is 0 Å². The van der Waals surface area contributed by atoms with Gasteiger partial charge in [0.15, 0.2) is 16.1 Å². The summed E-state index contributed by atoms with van der Waals surface area (Å²) in [6.45, 7) is 0. The molecule has 0 aliphatic heterocycles. The highest BCUT2D eigenvalue weighted by molar-refractivity contribution is 8.01. The molecule has 0 aromatic carbocycles. The number of aromatic amines is 2. The van der Waals surface area contributed by atoms with E-state index in [0.717, 1.165) is 10.3 Å². The van der Waals surface area contributed by atoms with Gasteiger partial charge in [0.2, 0.25) is 0 Å². The molecule has 0 aliphatic rings. The second-order valence-electron chi connectivity index (χ2n) is 2.90. The van der Waals surface area contributed by atoms with Crippen molar-refractivity contribution in [3.8, 4) is 0 Å². The van der Waals surface area contributed by atoms with Crippen molar-refractivity contribution in [3.63, 3.8) is 0 Å². The van der Waals surface area contributed by atoms with Gasteiger partial charge in [-0.2, -0.15) is 0 Å². The maximum absolute atomic E-state index is 11.5. The summed E-state index contributed by atoms with van der Waals surface area (Å²) in [6, 6.07) is 0. The molecule has 0 unspecified atom stereocenters. The first kappa shape index (κ1) is 11.3. The van der Waals surface area contributed by atoms with Crippen molar-refractivity contribution in [1.29, 1.82) is 0 Å². The van der Waals surface area contributed by atoms with Crippen LogP contribution in [0, 0.1) is 0 Å². The number of carbonyl (C=O) groups excluding carboxylic acids is 1. The SMILES string of the molecule is O=C(CSc1ncc[nH]1)CSc1ncc[nH]1. The number of imidazole rings is 2. The normalized spacial score (nSPS) is 10.5. The molecule has 2 heterocycles. The van der Waals surface area contributed by atoms with Gasteiger partial charge in [-0.15, -0.1) is 0 Å². The van der Waals surface area contributed by atoms with Crippen LogP contribution < -0.4 is 0 Å². The van der Waals surface area contributed by atoms with Crippen LogP contribution in [0.2, 0.25) is 0 Å². The summed E-state index contributed by atoms with van der Waals surface area (Å²) in [5.41, 5.74) is 0. The number of Topliss-reactive ketones (excluding diaryl/α,β-unsaturated/α-hetero) is 1. The number of nitrogens with zero attached hydrogens (tertiary/aromatic N) is 2. The fourth-order valence-electron chi connectivity index (χ4n) is 0.999. The summed E-state index contributed by atoms with van der Waals surface area (Å²) >= 11 is 2.82. The lowest BCUT2D eigenvalue weighted by molar-refractivity contribution is -0.114. The van der Waals surface area contributed by atoms with Crippen molar-refractivity contribution in [1.82, 2.24) is 19.9 Å². The summed E-state index contributed by atoms with van der Waals surface area (Å²) in [4.78, 5) is 25.4. The van der Waals surface area contributed by atoms with Crippen molar-refractivity contribution in [3.05, 3.63) is 24.8 Å². The highest BCUT2D eigenvalue weighted by Crippen LogP contribution is 2.15. The zero-order valence-electron chi connectivity index (χ0n) is 8.34. The fourth-order valence-corrected chi connectivity index (χ4v) is 2.50. The molecule has 0 fully saturated rings. The molecular formula is C9H10N4OS2. The molecule has 0 aliphatic carbocycles. The Bertz CT molecular complexity index is 386. The third-order valence-electron chi connectivity index (χ3n) is 1.69. The summed E-state index contributed by atoms with van der Waals surface area (Å²) in [7, 11) is 0. The number of carbonyl (C=O) groups is 1. The van der Waals surface area contributed by atoms with Crippen LogP contribution in [0.1, 0.15) is 0 Å². The lowest BCUT2D eigenvalue weighted by atomic mass is 10.5. The lowest BCUT2D eigenvalue weighted by Crippen LogP contribution is -2.04. The average Bonchev–Trinajstić information content (AvgIpc) is 2.96. The maximum Gasteiger partial charge on any atom is 0.165 e. The van der Waals surface area contributed by atoms with Gasteiger partial charge < -0.3 is 9.97 Å². The number of nitrogens with one attached hydrogen (secondary N) is 2. The van der Waals surface area contributed by atoms with E-state index in [0.29, 0.717) is 11.5 Å². The van der Waals surface area contributed by atoms with Crippen LogP contribution in [0.25, 0.3) is 0 Å². The van der Waals surface area contributed by atoms with Crippen LogP contribution in [-0.2, 0) is 4.79 Å². The molecule has 5 nitrogen and oxygen atoms in total. The molecule has 0 saturated heterocycles. The van der Waals surface area contributed by atoms with Gasteiger partial charge in [-0.25, -0.2) is 9.97 Å². The molecule has 2 aromatic rings. The summed E-state index contributed by atoms with van der Waals surface area (Å²) in [5, 5.41) is 1.55. The summed E-state index contributed by atoms with van der Waals surface area (Å²) in [5.74, 6) is 1.03. The van der Waals surface area contributed by atoms with Crippen LogP contribution in [0.4, 0.5) is 0 Å². The molecule has 0 saturated carbocycles. The minimum absolute atomic E-state index is 0.169. The Morgan fingerprint density at radius 1 is 1.06 bits per heavy atom. The van der Waals surface area contributed by atoms with Gasteiger partial charge in [0, 0.05) is 24.8 Å². The molecule has 0 atom stereocenters. The molecular weight excluding hydrogens is 244 g/mol. The van der Waals surface area contributed by atoms with E-state index in [1.807, 2.05) is 0 Å². The molecule has 2 rings (SSSR count). The molecule has 2 aromatic heterocycles. The van der Waals surface area contributed by atoms with Gasteiger partial charge >= 0.3 is 0 Å². The molecule has 16 heavy (non-hydrogen) atoms. The second kappa shape index (κ2) is 5.76. The number of H-pyrrole nitrogens is 2. The van der Waals surface area contributed by atoms with Crippen LogP contribution in [0.3, 0.4) is 0 Å². The predicted molar refractivity (Wildman–Crippen MR) is 63.6 cm³/mol. The Hall–Kier alpha value is -1.21. The first-order chi connectivity index (χ1) is 7.84. The van der Waals surface area contributed by atoms with E-state index in [1.165, 1.54) is 23.5 Å². The van der Waals surface area contributed by atoms with Gasteiger partial charge in [-0.1, -0.05) is 23.5 Å². The number of thioether (sulfide) groups is 2. The molecule has 0 spiro atoms. The van der Waals surface area contributed by atoms with Crippen molar-refractivity contribution in [2.45, 2.75) is 10.3 Å². The van der Waals surface area contributed by atoms with Crippen LogP contribution >= 0.6 is 23.5 Å². The lowest BCUT2D eigenvalue weighted by Gasteiger charge is -1.97. The number of hydrogen-bond acceptors (Lipinski definition) is 5. The highest BCUT2D eigenvalue weighted by Gasteiger charge is 2.06. The number of hydrogen-bond donors (Lipinski definition) is 2. The molecule has 0 amide bonds. The van der Waals surface area contributed by atoms with Crippen molar-refractivity contribution < 1.29 is 4.79 Å². The zero-order chi connectivity index (χ0) is 11.2. The molecule has 7 heteroatoms. The van der Waals surface area contributed by atoms with Gasteiger partial charge in [-0.05, 0) is 0 Å². The summed E-state index contributed by atoms with van der Waals surface area (Å²) < 4.78 is 0. The topological polar surface area (TPSA) is 74.4 Å². The first-order valence-electron chi connectivity index (χ1n) is 4.60. The van der Waals surface area contributed by atoms with E-state index in [-0.39, 0.29) is 5.78 Å². The highest BCUT2D eigenvalue weighted by atomic mass is 32.2. The Balaban J connectivity index is 1.69. The van der Waals surface area contributed by atoms with E-state index < -0.39 is 0 Å². The standard InChI is InChI=1S/C9H10N4OS2/c14-7(5-15-8-10-1-2-11-8)6-16-9-12-3-4-13-9/h1-4H,5-6H2,(H,10,11)(H,12,13). The predicted octanol–water partition coefficient (Wildman–Crippen LogP) is 1.59. The third-order valence-corrected chi connectivity index (χ3v) is 3.61. The van der Waals surface area contributed by atoms with E-state index in [9.17, 15) is 4.79 Å². The monoisotopic (exact) mass is 254 g/mol. The zero-order valence-corrected chi connectivity index (χ0v) is 9.98. The number of ketones is 1. The second-order valence-corrected chi connectivity index (χ2v) is 4.83. The van der Waals surface area contributed by atoms with Gasteiger partial charge in [-0.3, -0.25) is 4.79 Å². The Kier molecular flexibility index (Phi) is 4.06. The van der Waals surface area contributed by atoms with E-state index in [2.05, 4.69) is 19.9 Å². The quantitative estimate of drug-likeness (QED) is 0.766. The van der Waals surface area contributed by atoms with E-state index in [4.69, 9.17) is 0 Å². The molecule has 2 N–H and O–H groups in total. The van der Waals surface area contributed by atoms with Crippen LogP contribution in [0.5, 0.6) is 0 Å². The third kappa shape index (κ3) is 3.42. The summed E-state index contributed by atoms with van der Waals surface area (Å²) in [6.07, 6.45) is 6.82. The molecule has 0 bridgehead atoms. The van der Waals surface area contributed by atoms with E-state index >= 15 is 0 Å². The number of rotatable bonds is 6. The number of aromatic nitrogens is 4. The smallest absolute Gasteiger partial charge is 0.165 e. The first-order valence-corrected chi connectivity index (χ1v) is 6.58. The average molecular weight is 254 g/mol. The fraction of sp³-hybridized carbons (Fsp3) is 0.222. The Morgan fingerprint density at radius 2 is 1.56 bits per heavy atom. The van der Waals surface area contributed by atoms with E-state index in [1.54, 1.807) is 24.8 Å². The van der Waals surface area contributed by atoms with Crippen molar-refractivity contribution >= 4 is 29.3 Å². The Labute approximate surface area is 101 Å². The molecule has 84 valence electrons. The van der Waals surface area contributed by atoms with Gasteiger partial charge in [0.05, 0.1) is 11.5 Å².